The van der Waals surface area contributed by atoms with Crippen LogP contribution in [0.15, 0.2) is 152 Å². The minimum atomic E-state index is 0. The maximum absolute atomic E-state index is 3.88. The van der Waals surface area contributed by atoms with Gasteiger partial charge in [-0.05, 0) is 39.5 Å². The van der Waals surface area contributed by atoms with E-state index in [2.05, 4.69) is 208 Å². The maximum atomic E-state index is 3.88. The van der Waals surface area contributed by atoms with Crippen molar-refractivity contribution in [3.8, 4) is 33.4 Å². The quantitative estimate of drug-likeness (QED) is 0.157. The van der Waals surface area contributed by atoms with E-state index in [-0.39, 0.29) is 35.6 Å². The smallest absolute Gasteiger partial charge is 1.00 e. The molecule has 8 rings (SSSR count). The molecule has 0 amide bonds. The SMILES string of the molecule is CC(C)(C)c1cc2c([c-]c1-c1ccccc1)Cc1cc(-c3ccccc3)c(C(C)(C)C)cc1-2.C[c-]1cccc1.Cc1ccc([C](=[Zr+2])c2ccc(C)cc2)cc1.[Cl-].[Cl-]. The molecule has 0 N–H and O–H groups in total. The molecule has 3 heteroatoms. The molecule has 0 atom stereocenters. The van der Waals surface area contributed by atoms with E-state index in [0.29, 0.717) is 0 Å². The van der Waals surface area contributed by atoms with E-state index in [1.165, 1.54) is 111 Å². The van der Waals surface area contributed by atoms with Gasteiger partial charge >= 0.3 is 112 Å². The van der Waals surface area contributed by atoms with E-state index < -0.39 is 0 Å². The van der Waals surface area contributed by atoms with Crippen molar-refractivity contribution in [1.82, 2.24) is 0 Å². The second-order valence-electron chi connectivity index (χ2n) is 17.0. The summed E-state index contributed by atoms with van der Waals surface area (Å²) in [5.74, 6) is 0. The minimum Gasteiger partial charge on any atom is -1.00 e. The number of hydrogen-bond donors (Lipinski definition) is 0. The Hall–Kier alpha value is -4.00. The van der Waals surface area contributed by atoms with E-state index >= 15 is 0 Å². The van der Waals surface area contributed by atoms with Crippen LogP contribution in [0.4, 0.5) is 0 Å². The molecule has 0 aliphatic heterocycles. The number of aryl methyl sites for hydroxylation is 3. The molecule has 1 aliphatic rings. The summed E-state index contributed by atoms with van der Waals surface area (Å²) in [5.41, 5.74) is 20.2. The average molecular weight is 865 g/mol. The van der Waals surface area contributed by atoms with E-state index in [1.807, 2.05) is 12.1 Å². The van der Waals surface area contributed by atoms with Crippen molar-refractivity contribution in [3.63, 3.8) is 0 Å². The van der Waals surface area contributed by atoms with Gasteiger partial charge in [0.1, 0.15) is 0 Å². The summed E-state index contributed by atoms with van der Waals surface area (Å²) in [6.07, 6.45) is 0.944. The zero-order chi connectivity index (χ0) is 39.3. The van der Waals surface area contributed by atoms with Crippen molar-refractivity contribution >= 4 is 3.21 Å². The molecule has 0 saturated heterocycles. The van der Waals surface area contributed by atoms with Gasteiger partial charge in [-0.2, -0.15) is 17.7 Å². The van der Waals surface area contributed by atoms with Gasteiger partial charge in [0.15, 0.2) is 0 Å². The fraction of sp³-hybridized carbons (Fsp3) is 0.222. The first-order valence-corrected chi connectivity index (χ1v) is 20.7. The van der Waals surface area contributed by atoms with Gasteiger partial charge in [0, 0.05) is 0 Å². The molecule has 0 unspecified atom stereocenters. The predicted molar refractivity (Wildman–Crippen MR) is 234 cm³/mol. The topological polar surface area (TPSA) is 0 Å². The molecule has 7 aromatic carbocycles. The normalized spacial score (nSPS) is 11.4. The summed E-state index contributed by atoms with van der Waals surface area (Å²) in [6.45, 7) is 20.2. The van der Waals surface area contributed by atoms with Gasteiger partial charge < -0.3 is 24.8 Å². The van der Waals surface area contributed by atoms with Crippen molar-refractivity contribution in [2.75, 3.05) is 0 Å². The van der Waals surface area contributed by atoms with Crippen LogP contribution in [0.3, 0.4) is 0 Å². The van der Waals surface area contributed by atoms with Crippen LogP contribution < -0.4 is 24.8 Å². The van der Waals surface area contributed by atoms with Gasteiger partial charge in [0.25, 0.3) is 0 Å². The average Bonchev–Trinajstić information content (AvgIpc) is 3.80. The molecule has 0 saturated carbocycles. The Bertz CT molecular complexity index is 2200. The van der Waals surface area contributed by atoms with E-state index in [0.717, 1.165) is 6.42 Å². The standard InChI is InChI=1S/C33H33.C15H14.C6H7.2ClH.Zr/c1-32(2,3)30-20-26-24(18-28(30)22-13-9-7-10-14-22)17-25-19-29(23-15-11-8-12-16-23)31(21-27(25)26)33(4,5)6;1-12-3-7-14(8-4-12)11-15-9-5-13(2)6-10-15;1-6-4-2-3-5-6;;;/h7-16,18,20-21H,17H2,1-6H3;3-10H,1-2H3;2-5H,1H3;2*1H;/q-1;;-1;;;+2/p-2. The number of rotatable bonds is 4. The molecule has 0 fully saturated rings. The maximum Gasteiger partial charge on any atom is -1.00 e. The Morgan fingerprint density at radius 1 is 0.544 bits per heavy atom. The molecule has 57 heavy (non-hydrogen) atoms. The third-order valence-corrected chi connectivity index (χ3v) is 11.8. The second-order valence-corrected chi connectivity index (χ2v) is 18.2. The summed E-state index contributed by atoms with van der Waals surface area (Å²) >= 11 is 1.46. The van der Waals surface area contributed by atoms with E-state index in [1.54, 1.807) is 0 Å². The first-order valence-electron chi connectivity index (χ1n) is 19.5. The van der Waals surface area contributed by atoms with Crippen LogP contribution in [0.5, 0.6) is 0 Å². The molecule has 0 nitrogen and oxygen atoms in total. The molecule has 1 aliphatic carbocycles. The summed E-state index contributed by atoms with van der Waals surface area (Å²) in [4.78, 5) is 0. The number of hydrogen-bond acceptors (Lipinski definition) is 0. The van der Waals surface area contributed by atoms with Crippen molar-refractivity contribution < 1.29 is 49.0 Å². The van der Waals surface area contributed by atoms with Gasteiger partial charge in [0.2, 0.25) is 0 Å². The van der Waals surface area contributed by atoms with Crippen LogP contribution in [0.2, 0.25) is 0 Å². The Morgan fingerprint density at radius 2 is 1.00 bits per heavy atom. The molecule has 7 aromatic rings. The third-order valence-electron chi connectivity index (χ3n) is 10.3. The largest absolute Gasteiger partial charge is 1.00 e. The van der Waals surface area contributed by atoms with Gasteiger partial charge in [0.05, 0.1) is 0 Å². The van der Waals surface area contributed by atoms with Crippen LogP contribution in [0.1, 0.15) is 91.6 Å². The van der Waals surface area contributed by atoms with E-state index in [4.69, 9.17) is 0 Å². The number of fused-ring (bicyclic) bond motifs is 3. The number of benzene rings is 6. The second kappa shape index (κ2) is 19.6. The molecule has 0 spiro atoms. The predicted octanol–water partition coefficient (Wildman–Crippen LogP) is 8.13. The Morgan fingerprint density at radius 3 is 1.44 bits per heavy atom. The van der Waals surface area contributed by atoms with Crippen LogP contribution in [-0.2, 0) is 41.5 Å². The minimum absolute atomic E-state index is 0. The fourth-order valence-corrected chi connectivity index (χ4v) is 8.00. The van der Waals surface area contributed by atoms with Crippen molar-refractivity contribution in [3.05, 3.63) is 208 Å². The summed E-state index contributed by atoms with van der Waals surface area (Å²) in [5, 5.41) is 0. The molecule has 290 valence electrons. The zero-order valence-corrected chi connectivity index (χ0v) is 38.9. The van der Waals surface area contributed by atoms with Gasteiger partial charge in [-0.25, -0.2) is 12.1 Å². The van der Waals surface area contributed by atoms with Gasteiger partial charge in [-0.1, -0.05) is 138 Å². The van der Waals surface area contributed by atoms with E-state index in [9.17, 15) is 0 Å². The molecule has 0 bridgehead atoms. The molecule has 0 radical (unpaired) electrons. The van der Waals surface area contributed by atoms with Crippen LogP contribution in [0.25, 0.3) is 33.4 Å². The molecular formula is C54H54Cl2Zr-2. The molecule has 0 aromatic heterocycles. The summed E-state index contributed by atoms with van der Waals surface area (Å²) in [6, 6.07) is 58.6. The van der Waals surface area contributed by atoms with Crippen LogP contribution in [0, 0.1) is 26.8 Å². The molecule has 0 heterocycles. The first kappa shape index (κ1) is 45.7. The van der Waals surface area contributed by atoms with Crippen molar-refractivity contribution in [1.29, 1.82) is 0 Å². The Kier molecular flexibility index (Phi) is 15.7. The fourth-order valence-electron chi connectivity index (χ4n) is 7.18. The first-order chi connectivity index (χ1) is 26.2. The van der Waals surface area contributed by atoms with Gasteiger partial charge in [-0.3, -0.25) is 0 Å². The monoisotopic (exact) mass is 862 g/mol. The summed E-state index contributed by atoms with van der Waals surface area (Å²) < 4.78 is 1.42. The zero-order valence-electron chi connectivity index (χ0n) is 34.9. The van der Waals surface area contributed by atoms with Crippen molar-refractivity contribution in [2.24, 2.45) is 0 Å². The molecular weight excluding hydrogens is 811 g/mol. The summed E-state index contributed by atoms with van der Waals surface area (Å²) in [7, 11) is 0. The Balaban J connectivity index is 0.000000249. The van der Waals surface area contributed by atoms with Crippen molar-refractivity contribution in [2.45, 2.75) is 79.6 Å². The third kappa shape index (κ3) is 11.4. The van der Waals surface area contributed by atoms with Gasteiger partial charge in [-0.15, -0.1) is 28.8 Å². The number of halogens is 2. The van der Waals surface area contributed by atoms with Crippen LogP contribution in [-0.4, -0.2) is 3.21 Å². The van der Waals surface area contributed by atoms with Crippen LogP contribution >= 0.6 is 0 Å². The Labute approximate surface area is 370 Å².